The first-order valence-corrected chi connectivity index (χ1v) is 11.4. The van der Waals surface area contributed by atoms with Crippen LogP contribution in [0.1, 0.15) is 61.8 Å². The van der Waals surface area contributed by atoms with Gasteiger partial charge in [-0.15, -0.1) is 12.2 Å². The van der Waals surface area contributed by atoms with Crippen LogP contribution in [0.3, 0.4) is 0 Å². The van der Waals surface area contributed by atoms with Crippen molar-refractivity contribution in [1.82, 2.24) is 0 Å². The molecule has 1 heterocycles. The molecule has 0 amide bonds. The van der Waals surface area contributed by atoms with Crippen molar-refractivity contribution in [3.63, 3.8) is 0 Å². The molecule has 2 aliphatic rings. The molecule has 0 aliphatic heterocycles. The van der Waals surface area contributed by atoms with Gasteiger partial charge in [0.15, 0.2) is 5.92 Å². The summed E-state index contributed by atoms with van der Waals surface area (Å²) in [6, 6.07) is 1.38. The quantitative estimate of drug-likeness (QED) is 0.425. The van der Waals surface area contributed by atoms with E-state index in [0.717, 1.165) is 6.42 Å². The monoisotopic (exact) mass is 391 g/mol. The number of rotatable bonds is 6. The Morgan fingerprint density at radius 1 is 0.966 bits per heavy atom. The van der Waals surface area contributed by atoms with E-state index in [2.05, 4.69) is 114 Å². The highest BCUT2D eigenvalue weighted by molar-refractivity contribution is 5.55. The third-order valence-electron chi connectivity index (χ3n) is 6.19. The zero-order valence-electron chi connectivity index (χ0n) is 19.6. The first-order valence-electron chi connectivity index (χ1n) is 11.4. The van der Waals surface area contributed by atoms with Gasteiger partial charge in [0.05, 0.1) is 0 Å². The van der Waals surface area contributed by atoms with Gasteiger partial charge in [0.25, 0.3) is 5.70 Å². The highest BCUT2D eigenvalue weighted by Crippen LogP contribution is 2.35. The molecule has 0 aromatic carbocycles. The zero-order valence-corrected chi connectivity index (χ0v) is 19.6. The van der Waals surface area contributed by atoms with Crippen molar-refractivity contribution >= 4 is 5.70 Å². The average Bonchev–Trinajstić information content (AvgIpc) is 3.15. The maximum absolute atomic E-state index is 2.41. The molecule has 0 fully saturated rings. The molecule has 2 aliphatic carbocycles. The Kier molecular flexibility index (Phi) is 6.51. The predicted molar refractivity (Wildman–Crippen MR) is 121 cm³/mol. The molecule has 0 spiro atoms. The number of imidazole rings is 1. The van der Waals surface area contributed by atoms with E-state index in [1.165, 1.54) is 28.5 Å². The zero-order chi connectivity index (χ0) is 21.3. The maximum atomic E-state index is 2.41. The van der Waals surface area contributed by atoms with Crippen LogP contribution < -0.4 is 9.13 Å². The lowest BCUT2D eigenvalue weighted by Gasteiger charge is -2.30. The normalized spacial score (nSPS) is 20.1. The number of aromatic nitrogens is 2. The van der Waals surface area contributed by atoms with Gasteiger partial charge in [-0.25, -0.2) is 4.57 Å². The van der Waals surface area contributed by atoms with Crippen LogP contribution in [-0.2, 0) is 0 Å². The minimum atomic E-state index is 0.440. The molecule has 2 nitrogen and oxygen atoms in total. The second-order valence-electron chi connectivity index (χ2n) is 9.76. The van der Waals surface area contributed by atoms with Crippen molar-refractivity contribution in [3.05, 3.63) is 72.2 Å². The fourth-order valence-electron chi connectivity index (χ4n) is 4.61. The summed E-state index contributed by atoms with van der Waals surface area (Å²) in [6.45, 7) is 18.5. The highest BCUT2D eigenvalue weighted by atomic mass is 15.1. The van der Waals surface area contributed by atoms with Crippen LogP contribution in [-0.4, -0.2) is 0 Å². The maximum Gasteiger partial charge on any atom is 0.324 e. The molecule has 0 saturated heterocycles. The Morgan fingerprint density at radius 3 is 2.10 bits per heavy atom. The topological polar surface area (TPSA) is 7.76 Å². The third-order valence-corrected chi connectivity index (χ3v) is 6.19. The molecule has 0 radical (unpaired) electrons. The summed E-state index contributed by atoms with van der Waals surface area (Å²) in [5, 5.41) is 0. The number of allylic oxidation sites excluding steroid dienone is 8. The smallest absolute Gasteiger partial charge is 0.234 e. The molecule has 1 atom stereocenters. The minimum Gasteiger partial charge on any atom is -0.234 e. The summed E-state index contributed by atoms with van der Waals surface area (Å²) in [6.07, 6.45) is 19.6. The van der Waals surface area contributed by atoms with E-state index in [-0.39, 0.29) is 0 Å². The standard InChI is InChI=1S/C27H39N2/c1-18(2)22-11-9-12-23(19(3)4)26(22)28-15-16-29(17-28)27-24(20(5)6)13-10-14-25(27)21(7)8/h9,11-22H,10H2,1-8H3/q+1. The van der Waals surface area contributed by atoms with Gasteiger partial charge >= 0.3 is 6.33 Å². The summed E-state index contributed by atoms with van der Waals surface area (Å²) in [7, 11) is 0. The summed E-state index contributed by atoms with van der Waals surface area (Å²) >= 11 is 0. The summed E-state index contributed by atoms with van der Waals surface area (Å²) in [5.41, 5.74) is 5.81. The van der Waals surface area contributed by atoms with Crippen LogP contribution in [0.25, 0.3) is 5.70 Å². The molecule has 0 N–H and O–H groups in total. The van der Waals surface area contributed by atoms with E-state index >= 15 is 0 Å². The molecule has 156 valence electrons. The molecular formula is C27H39N2+. The lowest BCUT2D eigenvalue weighted by Crippen LogP contribution is -2.47. The molecule has 0 bridgehead atoms. The molecule has 0 saturated carbocycles. The van der Waals surface area contributed by atoms with Gasteiger partial charge in [0.1, 0.15) is 24.0 Å². The van der Waals surface area contributed by atoms with Crippen LogP contribution in [0.2, 0.25) is 0 Å². The second-order valence-corrected chi connectivity index (χ2v) is 9.76. The molecule has 1 unspecified atom stereocenters. The van der Waals surface area contributed by atoms with Crippen molar-refractivity contribution < 1.29 is 9.13 Å². The van der Waals surface area contributed by atoms with Gasteiger partial charge in [-0.1, -0.05) is 61.8 Å². The van der Waals surface area contributed by atoms with E-state index in [9.17, 15) is 0 Å². The fraction of sp³-hybridized carbons (Fsp3) is 0.519. The first kappa shape index (κ1) is 21.6. The van der Waals surface area contributed by atoms with Crippen LogP contribution >= 0.6 is 0 Å². The minimum absolute atomic E-state index is 0.440. The van der Waals surface area contributed by atoms with Crippen molar-refractivity contribution in [2.75, 3.05) is 0 Å². The first-order chi connectivity index (χ1) is 13.7. The Morgan fingerprint density at radius 2 is 1.59 bits per heavy atom. The molecule has 1 aromatic rings. The molecule has 1 aromatic heterocycles. The van der Waals surface area contributed by atoms with Gasteiger partial charge in [-0.2, -0.15) is 4.57 Å². The summed E-state index contributed by atoms with van der Waals surface area (Å²) in [4.78, 5) is 0. The van der Waals surface area contributed by atoms with E-state index < -0.39 is 0 Å². The summed E-state index contributed by atoms with van der Waals surface area (Å²) in [5.74, 6) is 2.55. The third kappa shape index (κ3) is 4.27. The Balaban J connectivity index is 2.07. The van der Waals surface area contributed by atoms with Crippen molar-refractivity contribution in [2.45, 2.75) is 61.8 Å². The van der Waals surface area contributed by atoms with Crippen LogP contribution in [0.5, 0.6) is 0 Å². The van der Waals surface area contributed by atoms with Gasteiger partial charge in [-0.3, -0.25) is 0 Å². The van der Waals surface area contributed by atoms with Gasteiger partial charge < -0.3 is 0 Å². The molecule has 2 heteroatoms. The molecular weight excluding hydrogens is 352 g/mol. The Labute approximate surface area is 178 Å². The van der Waals surface area contributed by atoms with E-state index in [0.29, 0.717) is 29.6 Å². The number of nitrogens with zero attached hydrogens (tertiary/aromatic N) is 2. The lowest BCUT2D eigenvalue weighted by molar-refractivity contribution is -0.724. The Bertz CT molecular complexity index is 816. The van der Waals surface area contributed by atoms with Gasteiger partial charge in [-0.05, 0) is 28.9 Å². The molecule has 29 heavy (non-hydrogen) atoms. The number of hydrogen-bond donors (Lipinski definition) is 0. The second kappa shape index (κ2) is 8.73. The predicted octanol–water partition coefficient (Wildman–Crippen LogP) is 5.84. The highest BCUT2D eigenvalue weighted by Gasteiger charge is 2.39. The van der Waals surface area contributed by atoms with Gasteiger partial charge in [0, 0.05) is 24.5 Å². The van der Waals surface area contributed by atoms with E-state index in [1.807, 2.05) is 0 Å². The average molecular weight is 392 g/mol. The van der Waals surface area contributed by atoms with E-state index in [4.69, 9.17) is 0 Å². The lowest BCUT2D eigenvalue weighted by atomic mass is 9.81. The van der Waals surface area contributed by atoms with Crippen LogP contribution in [0.15, 0.2) is 59.7 Å². The SMILES string of the molecule is CC(C)C1=CCC=C(C(C)C)[C-]1[n+]1c[cH-][n+](C2=C(C(C)C)[CH+]C=CC2C(C)C)c1. The Hall–Kier alpha value is -2.09. The summed E-state index contributed by atoms with van der Waals surface area (Å²) < 4.78 is 4.73. The van der Waals surface area contributed by atoms with Gasteiger partial charge in [0.2, 0.25) is 0 Å². The van der Waals surface area contributed by atoms with Crippen LogP contribution in [0.4, 0.5) is 0 Å². The van der Waals surface area contributed by atoms with Crippen molar-refractivity contribution in [3.8, 4) is 0 Å². The van der Waals surface area contributed by atoms with Crippen molar-refractivity contribution in [2.24, 2.45) is 29.6 Å². The number of hydrogen-bond acceptors (Lipinski definition) is 0. The van der Waals surface area contributed by atoms with Crippen molar-refractivity contribution in [1.29, 1.82) is 0 Å². The largest absolute Gasteiger partial charge is 0.324 e. The molecule has 3 rings (SSSR count). The van der Waals surface area contributed by atoms with E-state index in [1.54, 1.807) is 0 Å². The van der Waals surface area contributed by atoms with Crippen LogP contribution in [0, 0.1) is 42.1 Å². The fourth-order valence-corrected chi connectivity index (χ4v) is 4.61.